The van der Waals surface area contributed by atoms with Gasteiger partial charge >= 0.3 is 0 Å². The molecule has 0 atom stereocenters. The molecule has 0 aliphatic rings. The van der Waals surface area contributed by atoms with Gasteiger partial charge in [-0.3, -0.25) is 4.79 Å². The summed E-state index contributed by atoms with van der Waals surface area (Å²) in [6.07, 6.45) is 3.49. The topological polar surface area (TPSA) is 17.1 Å². The van der Waals surface area contributed by atoms with Crippen LogP contribution in [0, 0.1) is 6.92 Å². The van der Waals surface area contributed by atoms with Crippen LogP contribution in [0.15, 0.2) is 54.6 Å². The Morgan fingerprint density at radius 2 is 1.55 bits per heavy atom. The summed E-state index contributed by atoms with van der Waals surface area (Å²) < 4.78 is 0. The molecule has 0 radical (unpaired) electrons. The zero-order chi connectivity index (χ0) is 14.5. The summed E-state index contributed by atoms with van der Waals surface area (Å²) >= 11 is 0. The Morgan fingerprint density at radius 1 is 0.950 bits per heavy atom. The Balaban J connectivity index is 2.09. The number of rotatable bonds is 4. The molecule has 0 aromatic heterocycles. The number of carbonyl (C=O) groups excluding carboxylic acids is 1. The first-order chi connectivity index (χ1) is 9.56. The fourth-order valence-electron chi connectivity index (χ4n) is 1.98. The van der Waals surface area contributed by atoms with Crippen LogP contribution in [-0.4, -0.2) is 5.78 Å². The van der Waals surface area contributed by atoms with Gasteiger partial charge in [0.15, 0.2) is 5.78 Å². The Bertz CT molecular complexity index is 601. The van der Waals surface area contributed by atoms with E-state index in [0.29, 0.717) is 5.92 Å². The van der Waals surface area contributed by atoms with E-state index < -0.39 is 0 Å². The molecule has 0 saturated carbocycles. The minimum atomic E-state index is 0.0425. The lowest BCUT2D eigenvalue weighted by Crippen LogP contribution is -1.95. The summed E-state index contributed by atoms with van der Waals surface area (Å²) in [6, 6.07) is 16.0. The molecule has 102 valence electrons. The zero-order valence-corrected chi connectivity index (χ0v) is 12.3. The minimum Gasteiger partial charge on any atom is -0.289 e. The Kier molecular flexibility index (Phi) is 4.52. The molecule has 0 aliphatic carbocycles. The van der Waals surface area contributed by atoms with Gasteiger partial charge in [-0.2, -0.15) is 0 Å². The van der Waals surface area contributed by atoms with Crippen molar-refractivity contribution in [3.8, 4) is 0 Å². The van der Waals surface area contributed by atoms with Crippen LogP contribution in [0.25, 0.3) is 6.08 Å². The van der Waals surface area contributed by atoms with E-state index in [4.69, 9.17) is 0 Å². The zero-order valence-electron chi connectivity index (χ0n) is 12.3. The van der Waals surface area contributed by atoms with Crippen LogP contribution >= 0.6 is 0 Å². The van der Waals surface area contributed by atoms with E-state index in [9.17, 15) is 4.79 Å². The molecule has 0 bridgehead atoms. The van der Waals surface area contributed by atoms with E-state index in [0.717, 1.165) is 11.1 Å². The van der Waals surface area contributed by atoms with E-state index in [1.807, 2.05) is 54.6 Å². The van der Waals surface area contributed by atoms with Crippen LogP contribution in [0.2, 0.25) is 0 Å². The molecule has 0 heterocycles. The van der Waals surface area contributed by atoms with Gasteiger partial charge in [-0.15, -0.1) is 0 Å². The molecule has 0 fully saturated rings. The highest BCUT2D eigenvalue weighted by atomic mass is 16.1. The molecule has 0 unspecified atom stereocenters. The molecule has 1 nitrogen and oxygen atoms in total. The number of aryl methyl sites for hydroxylation is 1. The van der Waals surface area contributed by atoms with Crippen LogP contribution in [0.1, 0.15) is 46.8 Å². The Morgan fingerprint density at radius 3 is 2.10 bits per heavy atom. The molecule has 0 aliphatic heterocycles. The van der Waals surface area contributed by atoms with E-state index in [1.54, 1.807) is 6.08 Å². The molecule has 0 N–H and O–H groups in total. The van der Waals surface area contributed by atoms with Crippen molar-refractivity contribution < 1.29 is 4.79 Å². The average Bonchev–Trinajstić information content (AvgIpc) is 2.46. The molecule has 0 amide bonds. The first-order valence-electron chi connectivity index (χ1n) is 6.95. The maximum Gasteiger partial charge on any atom is 0.185 e. The molecular formula is C19H20O. The summed E-state index contributed by atoms with van der Waals surface area (Å²) in [5, 5.41) is 0. The summed E-state index contributed by atoms with van der Waals surface area (Å²) in [7, 11) is 0. The van der Waals surface area contributed by atoms with Gasteiger partial charge in [0.25, 0.3) is 0 Å². The van der Waals surface area contributed by atoms with Crippen molar-refractivity contribution in [1.82, 2.24) is 0 Å². The van der Waals surface area contributed by atoms with Crippen LogP contribution in [0.5, 0.6) is 0 Å². The molecule has 20 heavy (non-hydrogen) atoms. The van der Waals surface area contributed by atoms with Gasteiger partial charge in [0.2, 0.25) is 0 Å². The van der Waals surface area contributed by atoms with Gasteiger partial charge < -0.3 is 0 Å². The van der Waals surface area contributed by atoms with E-state index >= 15 is 0 Å². The number of hydrogen-bond acceptors (Lipinski definition) is 1. The van der Waals surface area contributed by atoms with Crippen molar-refractivity contribution in [2.24, 2.45) is 0 Å². The first kappa shape index (κ1) is 14.3. The molecule has 2 aromatic rings. The highest BCUT2D eigenvalue weighted by Crippen LogP contribution is 2.15. The number of carbonyl (C=O) groups is 1. The third-order valence-electron chi connectivity index (χ3n) is 3.37. The predicted octanol–water partition coefficient (Wildman–Crippen LogP) is 5.01. The highest BCUT2D eigenvalue weighted by Gasteiger charge is 2.03. The average molecular weight is 264 g/mol. The normalized spacial score (nSPS) is 11.2. The van der Waals surface area contributed by atoms with Crippen LogP contribution in [-0.2, 0) is 0 Å². The Labute approximate surface area is 121 Å². The van der Waals surface area contributed by atoms with Crippen LogP contribution < -0.4 is 0 Å². The minimum absolute atomic E-state index is 0.0425. The van der Waals surface area contributed by atoms with Gasteiger partial charge in [-0.25, -0.2) is 0 Å². The molecule has 2 aromatic carbocycles. The van der Waals surface area contributed by atoms with E-state index in [2.05, 4.69) is 20.8 Å². The smallest absolute Gasteiger partial charge is 0.185 e. The van der Waals surface area contributed by atoms with E-state index in [1.165, 1.54) is 11.1 Å². The van der Waals surface area contributed by atoms with Gasteiger partial charge in [0.1, 0.15) is 0 Å². The monoisotopic (exact) mass is 264 g/mol. The second-order valence-corrected chi connectivity index (χ2v) is 5.38. The largest absolute Gasteiger partial charge is 0.289 e. The van der Waals surface area contributed by atoms with Crippen molar-refractivity contribution in [2.75, 3.05) is 0 Å². The van der Waals surface area contributed by atoms with Crippen molar-refractivity contribution in [2.45, 2.75) is 26.7 Å². The highest BCUT2D eigenvalue weighted by molar-refractivity contribution is 6.06. The summed E-state index contributed by atoms with van der Waals surface area (Å²) in [6.45, 7) is 6.34. The third kappa shape index (κ3) is 3.67. The van der Waals surface area contributed by atoms with Gasteiger partial charge in [-0.05, 0) is 30.0 Å². The molecule has 2 rings (SSSR count). The number of hydrogen-bond donors (Lipinski definition) is 0. The predicted molar refractivity (Wildman–Crippen MR) is 85.1 cm³/mol. The van der Waals surface area contributed by atoms with Crippen molar-refractivity contribution in [3.63, 3.8) is 0 Å². The maximum atomic E-state index is 12.1. The van der Waals surface area contributed by atoms with Crippen molar-refractivity contribution >= 4 is 11.9 Å². The fraction of sp³-hybridized carbons (Fsp3) is 0.211. The lowest BCUT2D eigenvalue weighted by atomic mass is 10.0. The number of ketones is 1. The quantitative estimate of drug-likeness (QED) is 0.560. The molecule has 1 heteroatoms. The van der Waals surface area contributed by atoms with Gasteiger partial charge in [0.05, 0.1) is 0 Å². The van der Waals surface area contributed by atoms with Gasteiger partial charge in [-0.1, -0.05) is 74.0 Å². The van der Waals surface area contributed by atoms with Crippen molar-refractivity contribution in [1.29, 1.82) is 0 Å². The van der Waals surface area contributed by atoms with Gasteiger partial charge in [0, 0.05) is 5.56 Å². The maximum absolute atomic E-state index is 12.1. The summed E-state index contributed by atoms with van der Waals surface area (Å²) in [5.41, 5.74) is 4.25. The first-order valence-corrected chi connectivity index (χ1v) is 6.95. The van der Waals surface area contributed by atoms with Crippen LogP contribution in [0.4, 0.5) is 0 Å². The SMILES string of the molecule is Cc1ccc(/C=C/C(=O)c2ccc(C(C)C)cc2)cc1. The summed E-state index contributed by atoms with van der Waals surface area (Å²) in [5.74, 6) is 0.531. The summed E-state index contributed by atoms with van der Waals surface area (Å²) in [4.78, 5) is 12.1. The standard InChI is InChI=1S/C19H20O/c1-14(2)17-9-11-18(12-10-17)19(20)13-8-16-6-4-15(3)5-7-16/h4-14H,1-3H3/b13-8+. The number of allylic oxidation sites excluding steroid dienone is 1. The molecular weight excluding hydrogens is 244 g/mol. The molecule has 0 saturated heterocycles. The second-order valence-electron chi connectivity index (χ2n) is 5.38. The Hall–Kier alpha value is -2.15. The third-order valence-corrected chi connectivity index (χ3v) is 3.37. The number of benzene rings is 2. The van der Waals surface area contributed by atoms with E-state index in [-0.39, 0.29) is 5.78 Å². The lowest BCUT2D eigenvalue weighted by Gasteiger charge is -2.05. The second kappa shape index (κ2) is 6.33. The fourth-order valence-corrected chi connectivity index (χ4v) is 1.98. The van der Waals surface area contributed by atoms with Crippen molar-refractivity contribution in [3.05, 3.63) is 76.9 Å². The lowest BCUT2D eigenvalue weighted by molar-refractivity contribution is 0.104. The van der Waals surface area contributed by atoms with Crippen LogP contribution in [0.3, 0.4) is 0 Å². The molecule has 0 spiro atoms.